The summed E-state index contributed by atoms with van der Waals surface area (Å²) in [6.45, 7) is 3.74. The largest absolute Gasteiger partial charge is 0.497 e. The average Bonchev–Trinajstić information content (AvgIpc) is 2.91. The second-order valence-corrected chi connectivity index (χ2v) is 5.53. The van der Waals surface area contributed by atoms with Crippen LogP contribution in [0.1, 0.15) is 18.2 Å². The van der Waals surface area contributed by atoms with Crippen molar-refractivity contribution in [2.24, 2.45) is 0 Å². The highest BCUT2D eigenvalue weighted by molar-refractivity contribution is 7.13. The van der Waals surface area contributed by atoms with Crippen molar-refractivity contribution in [1.82, 2.24) is 4.98 Å². The van der Waals surface area contributed by atoms with E-state index in [1.165, 1.54) is 17.4 Å². The molecule has 0 fully saturated rings. The number of thiazole rings is 1. The second-order valence-electron chi connectivity index (χ2n) is 4.68. The van der Waals surface area contributed by atoms with Gasteiger partial charge in [-0.3, -0.25) is 10.1 Å². The molecular formula is C16H18N2O3S. The fourth-order valence-corrected chi connectivity index (χ4v) is 2.64. The molecule has 6 heteroatoms. The van der Waals surface area contributed by atoms with Crippen molar-refractivity contribution in [2.75, 3.05) is 19.5 Å². The van der Waals surface area contributed by atoms with E-state index < -0.39 is 0 Å². The lowest BCUT2D eigenvalue weighted by atomic mass is 10.1. The Morgan fingerprint density at radius 1 is 1.32 bits per heavy atom. The first-order valence-corrected chi connectivity index (χ1v) is 7.55. The summed E-state index contributed by atoms with van der Waals surface area (Å²) >= 11 is 1.40. The fourth-order valence-electron chi connectivity index (χ4n) is 1.95. The third kappa shape index (κ3) is 3.85. The van der Waals surface area contributed by atoms with Gasteiger partial charge in [0.05, 0.1) is 19.9 Å². The van der Waals surface area contributed by atoms with Crippen LogP contribution < -0.4 is 14.8 Å². The lowest BCUT2D eigenvalue weighted by Gasteiger charge is -2.10. The smallest absolute Gasteiger partial charge is 0.250 e. The van der Waals surface area contributed by atoms with Crippen LogP contribution in [-0.2, 0) is 4.79 Å². The summed E-state index contributed by atoms with van der Waals surface area (Å²) in [5, 5.41) is 5.23. The normalized spacial score (nSPS) is 11.2. The fraction of sp³-hybridized carbons (Fsp3) is 0.250. The molecule has 2 rings (SSSR count). The average molecular weight is 318 g/mol. The molecule has 116 valence electrons. The predicted molar refractivity (Wildman–Crippen MR) is 88.7 cm³/mol. The van der Waals surface area contributed by atoms with E-state index in [2.05, 4.69) is 10.3 Å². The van der Waals surface area contributed by atoms with Gasteiger partial charge in [0.1, 0.15) is 11.5 Å². The molecule has 1 heterocycles. The predicted octanol–water partition coefficient (Wildman–Crippen LogP) is 3.51. The van der Waals surface area contributed by atoms with Crippen molar-refractivity contribution in [1.29, 1.82) is 0 Å². The number of aryl methyl sites for hydroxylation is 1. The molecule has 1 N–H and O–H groups in total. The van der Waals surface area contributed by atoms with Gasteiger partial charge >= 0.3 is 0 Å². The van der Waals surface area contributed by atoms with E-state index in [0.717, 1.165) is 16.8 Å². The lowest BCUT2D eigenvalue weighted by Crippen LogP contribution is -2.08. The van der Waals surface area contributed by atoms with E-state index in [0.29, 0.717) is 16.6 Å². The minimum Gasteiger partial charge on any atom is -0.497 e. The monoisotopic (exact) mass is 318 g/mol. The summed E-state index contributed by atoms with van der Waals surface area (Å²) in [7, 11) is 3.19. The van der Waals surface area contributed by atoms with E-state index in [1.54, 1.807) is 20.3 Å². The van der Waals surface area contributed by atoms with E-state index in [-0.39, 0.29) is 5.91 Å². The van der Waals surface area contributed by atoms with Gasteiger partial charge in [-0.1, -0.05) is 0 Å². The number of carbonyl (C=O) groups excluding carboxylic acids is 1. The molecule has 22 heavy (non-hydrogen) atoms. The van der Waals surface area contributed by atoms with Gasteiger partial charge < -0.3 is 9.47 Å². The summed E-state index contributed by atoms with van der Waals surface area (Å²) in [6.07, 6.45) is 1.53. The first kappa shape index (κ1) is 16.0. The Hall–Kier alpha value is -2.34. The number of hydrogen-bond acceptors (Lipinski definition) is 5. The summed E-state index contributed by atoms with van der Waals surface area (Å²) in [4.78, 5) is 16.2. The van der Waals surface area contributed by atoms with Crippen LogP contribution in [-0.4, -0.2) is 25.1 Å². The third-order valence-electron chi connectivity index (χ3n) is 3.03. The van der Waals surface area contributed by atoms with Crippen LogP contribution in [0.25, 0.3) is 5.57 Å². The Kier molecular flexibility index (Phi) is 5.16. The van der Waals surface area contributed by atoms with Crippen LogP contribution in [0.2, 0.25) is 0 Å². The minimum absolute atomic E-state index is 0.218. The lowest BCUT2D eigenvalue weighted by molar-refractivity contribution is -0.111. The number of nitrogens with zero attached hydrogens (tertiary/aromatic N) is 1. The van der Waals surface area contributed by atoms with Gasteiger partial charge in [-0.15, -0.1) is 11.3 Å². The summed E-state index contributed by atoms with van der Waals surface area (Å²) < 4.78 is 10.5. The highest BCUT2D eigenvalue weighted by atomic mass is 32.1. The Balaban J connectivity index is 2.19. The number of amides is 1. The van der Waals surface area contributed by atoms with Gasteiger partial charge in [-0.2, -0.15) is 0 Å². The Morgan fingerprint density at radius 3 is 2.68 bits per heavy atom. The molecule has 1 aromatic carbocycles. The van der Waals surface area contributed by atoms with E-state index in [1.807, 2.05) is 31.4 Å². The summed E-state index contributed by atoms with van der Waals surface area (Å²) in [5.74, 6) is 1.15. The summed E-state index contributed by atoms with van der Waals surface area (Å²) in [5.41, 5.74) is 2.52. The Labute approximate surface area is 133 Å². The number of ether oxygens (including phenoxy) is 2. The number of carbonyl (C=O) groups is 1. The minimum atomic E-state index is -0.218. The van der Waals surface area contributed by atoms with Crippen molar-refractivity contribution in [3.63, 3.8) is 0 Å². The Morgan fingerprint density at radius 2 is 2.09 bits per heavy atom. The van der Waals surface area contributed by atoms with E-state index in [9.17, 15) is 4.79 Å². The molecule has 2 aromatic rings. The zero-order chi connectivity index (χ0) is 16.1. The molecule has 1 amide bonds. The van der Waals surface area contributed by atoms with Gasteiger partial charge in [0.15, 0.2) is 5.13 Å². The zero-order valence-electron chi connectivity index (χ0n) is 13.0. The quantitative estimate of drug-likeness (QED) is 0.857. The molecular weight excluding hydrogens is 300 g/mol. The van der Waals surface area contributed by atoms with Gasteiger partial charge in [0.2, 0.25) is 5.91 Å². The van der Waals surface area contributed by atoms with Crippen molar-refractivity contribution in [3.05, 3.63) is 40.9 Å². The van der Waals surface area contributed by atoms with Gasteiger partial charge in [-0.05, 0) is 31.6 Å². The maximum absolute atomic E-state index is 12.0. The SMILES string of the molecule is COc1ccc(/C(C)=C/C(=O)Nc2nc(C)cs2)c(OC)c1. The highest BCUT2D eigenvalue weighted by Crippen LogP contribution is 2.30. The zero-order valence-corrected chi connectivity index (χ0v) is 13.8. The number of rotatable bonds is 5. The van der Waals surface area contributed by atoms with Crippen LogP contribution >= 0.6 is 11.3 Å². The molecule has 0 radical (unpaired) electrons. The van der Waals surface area contributed by atoms with Crippen LogP contribution in [0.3, 0.4) is 0 Å². The Bertz CT molecular complexity index is 707. The molecule has 0 atom stereocenters. The van der Waals surface area contributed by atoms with E-state index in [4.69, 9.17) is 9.47 Å². The molecule has 0 aliphatic heterocycles. The van der Waals surface area contributed by atoms with Crippen LogP contribution in [0.5, 0.6) is 11.5 Å². The molecule has 0 bridgehead atoms. The molecule has 0 spiro atoms. The topological polar surface area (TPSA) is 60.5 Å². The van der Waals surface area contributed by atoms with Crippen molar-refractivity contribution in [3.8, 4) is 11.5 Å². The number of allylic oxidation sites excluding steroid dienone is 1. The maximum Gasteiger partial charge on any atom is 0.250 e. The molecule has 0 unspecified atom stereocenters. The first-order valence-electron chi connectivity index (χ1n) is 6.67. The van der Waals surface area contributed by atoms with Gasteiger partial charge in [-0.25, -0.2) is 4.98 Å². The molecule has 0 saturated carbocycles. The second kappa shape index (κ2) is 7.09. The number of hydrogen-bond donors (Lipinski definition) is 1. The number of aromatic nitrogens is 1. The number of benzene rings is 1. The van der Waals surface area contributed by atoms with Crippen LogP contribution in [0.4, 0.5) is 5.13 Å². The first-order chi connectivity index (χ1) is 10.5. The summed E-state index contributed by atoms with van der Waals surface area (Å²) in [6, 6.07) is 5.48. The number of anilines is 1. The maximum atomic E-state index is 12.0. The molecule has 5 nitrogen and oxygen atoms in total. The van der Waals surface area contributed by atoms with Gasteiger partial charge in [0, 0.05) is 23.1 Å². The van der Waals surface area contributed by atoms with E-state index >= 15 is 0 Å². The molecule has 0 aliphatic carbocycles. The molecule has 0 saturated heterocycles. The highest BCUT2D eigenvalue weighted by Gasteiger charge is 2.09. The third-order valence-corrected chi connectivity index (χ3v) is 3.91. The molecule has 0 aliphatic rings. The molecule has 1 aromatic heterocycles. The standard InChI is InChI=1S/C16H18N2O3S/c1-10(7-15(19)18-16-17-11(2)9-22-16)13-6-5-12(20-3)8-14(13)21-4/h5-9H,1-4H3,(H,17,18,19)/b10-7+. The van der Waals surface area contributed by atoms with Crippen LogP contribution in [0.15, 0.2) is 29.7 Å². The van der Waals surface area contributed by atoms with Crippen LogP contribution in [0, 0.1) is 6.92 Å². The van der Waals surface area contributed by atoms with Gasteiger partial charge in [0.25, 0.3) is 0 Å². The number of methoxy groups -OCH3 is 2. The van der Waals surface area contributed by atoms with Crippen molar-refractivity contribution in [2.45, 2.75) is 13.8 Å². The van der Waals surface area contributed by atoms with Crippen molar-refractivity contribution >= 4 is 27.9 Å². The number of nitrogens with one attached hydrogen (secondary N) is 1. The van der Waals surface area contributed by atoms with Crippen molar-refractivity contribution < 1.29 is 14.3 Å².